The van der Waals surface area contributed by atoms with E-state index in [1.54, 1.807) is 7.05 Å². The number of nitrogens with one attached hydrogen (secondary N) is 2. The van der Waals surface area contributed by atoms with Gasteiger partial charge in [-0.3, -0.25) is 4.99 Å². The van der Waals surface area contributed by atoms with Crippen LogP contribution >= 0.6 is 24.0 Å². The summed E-state index contributed by atoms with van der Waals surface area (Å²) in [7, 11) is 3.73. The van der Waals surface area contributed by atoms with E-state index in [9.17, 15) is 0 Å². The van der Waals surface area contributed by atoms with E-state index < -0.39 is 0 Å². The number of rotatable bonds is 6. The number of aromatic amines is 1. The van der Waals surface area contributed by atoms with Crippen molar-refractivity contribution in [2.24, 2.45) is 4.99 Å². The molecule has 0 atom stereocenters. The summed E-state index contributed by atoms with van der Waals surface area (Å²) in [5, 5.41) is 7.38. The maximum Gasteiger partial charge on any atom is 0.194 e. The Morgan fingerprint density at radius 2 is 2.04 bits per heavy atom. The van der Waals surface area contributed by atoms with Crippen LogP contribution in [0.4, 0.5) is 0 Å². The molecule has 0 aliphatic rings. The quantitative estimate of drug-likeness (QED) is 0.308. The van der Waals surface area contributed by atoms with Gasteiger partial charge in [-0.1, -0.05) is 49.3 Å². The second-order valence-corrected chi connectivity index (χ2v) is 6.74. The van der Waals surface area contributed by atoms with Gasteiger partial charge in [0.1, 0.15) is 5.82 Å². The van der Waals surface area contributed by atoms with E-state index in [-0.39, 0.29) is 24.0 Å². The van der Waals surface area contributed by atoms with Gasteiger partial charge >= 0.3 is 0 Å². The van der Waals surface area contributed by atoms with E-state index in [1.165, 1.54) is 0 Å². The van der Waals surface area contributed by atoms with Crippen LogP contribution in [0.1, 0.15) is 37.0 Å². The summed E-state index contributed by atoms with van der Waals surface area (Å²) in [6.45, 7) is 5.33. The summed E-state index contributed by atoms with van der Waals surface area (Å²) in [4.78, 5) is 14.2. The first-order valence-corrected chi connectivity index (χ1v) is 9.03. The Morgan fingerprint density at radius 1 is 1.29 bits per heavy atom. The molecule has 150 valence electrons. The van der Waals surface area contributed by atoms with Crippen molar-refractivity contribution < 1.29 is 4.52 Å². The molecule has 2 N–H and O–H groups in total. The summed E-state index contributed by atoms with van der Waals surface area (Å²) in [6.07, 6.45) is 1.86. The number of hydrogen-bond acceptors (Lipinski definition) is 4. The van der Waals surface area contributed by atoms with Gasteiger partial charge in [0.05, 0.1) is 30.7 Å². The Kier molecular flexibility index (Phi) is 8.04. The minimum Gasteiger partial charge on any atom is -0.359 e. The first-order chi connectivity index (χ1) is 13.1. The van der Waals surface area contributed by atoms with Crippen molar-refractivity contribution in [3.63, 3.8) is 0 Å². The molecule has 2 aromatic heterocycles. The van der Waals surface area contributed by atoms with Crippen LogP contribution in [0.2, 0.25) is 0 Å². The molecule has 7 nitrogen and oxygen atoms in total. The number of H-pyrrole nitrogens is 1. The standard InChI is InChI=1S/C20H26N6O.HI/c1-14(2)17-10-16(27-25-17)11-23-20(21-3)26(4)13-19-22-12-18(24-19)15-8-6-5-7-9-15;/h5-10,12,14H,11,13H2,1-4H3,(H,21,23)(H,22,24);1H. The summed E-state index contributed by atoms with van der Waals surface area (Å²) < 4.78 is 5.37. The molecule has 2 heterocycles. The number of halogens is 1. The summed E-state index contributed by atoms with van der Waals surface area (Å²) in [5.74, 6) is 2.77. The van der Waals surface area contributed by atoms with Crippen LogP contribution in [0.3, 0.4) is 0 Å². The van der Waals surface area contributed by atoms with Gasteiger partial charge in [0.25, 0.3) is 0 Å². The third-order valence-electron chi connectivity index (χ3n) is 4.26. The molecule has 8 heteroatoms. The lowest BCUT2D eigenvalue weighted by molar-refractivity contribution is 0.368. The lowest BCUT2D eigenvalue weighted by Gasteiger charge is -2.20. The predicted molar refractivity (Wildman–Crippen MR) is 122 cm³/mol. The molecule has 0 saturated carbocycles. The fraction of sp³-hybridized carbons (Fsp3) is 0.350. The van der Waals surface area contributed by atoms with Crippen molar-refractivity contribution in [2.75, 3.05) is 14.1 Å². The third-order valence-corrected chi connectivity index (χ3v) is 4.26. The number of benzene rings is 1. The van der Waals surface area contributed by atoms with Gasteiger partial charge in [0.2, 0.25) is 0 Å². The molecular formula is C20H27IN6O. The van der Waals surface area contributed by atoms with Crippen molar-refractivity contribution >= 4 is 29.9 Å². The molecule has 0 radical (unpaired) electrons. The Morgan fingerprint density at radius 3 is 2.68 bits per heavy atom. The molecule has 0 spiro atoms. The van der Waals surface area contributed by atoms with E-state index in [0.29, 0.717) is 19.0 Å². The second kappa shape index (κ2) is 10.3. The van der Waals surface area contributed by atoms with Crippen LogP contribution in [-0.2, 0) is 13.1 Å². The second-order valence-electron chi connectivity index (χ2n) is 6.74. The zero-order valence-electron chi connectivity index (χ0n) is 16.6. The molecule has 3 aromatic rings. The van der Waals surface area contributed by atoms with Crippen LogP contribution in [0.5, 0.6) is 0 Å². The molecule has 1 aromatic carbocycles. The highest BCUT2D eigenvalue weighted by atomic mass is 127. The van der Waals surface area contributed by atoms with Crippen LogP contribution in [0.15, 0.2) is 52.1 Å². The topological polar surface area (TPSA) is 82.3 Å². The van der Waals surface area contributed by atoms with Crippen LogP contribution in [0.25, 0.3) is 11.3 Å². The lowest BCUT2D eigenvalue weighted by Crippen LogP contribution is -2.38. The van der Waals surface area contributed by atoms with Gasteiger partial charge in [0.15, 0.2) is 11.7 Å². The Balaban J connectivity index is 0.00000280. The smallest absolute Gasteiger partial charge is 0.194 e. The fourth-order valence-electron chi connectivity index (χ4n) is 2.74. The van der Waals surface area contributed by atoms with E-state index in [0.717, 1.165) is 34.5 Å². The fourth-order valence-corrected chi connectivity index (χ4v) is 2.74. The number of aliphatic imine (C=N–C) groups is 1. The average molecular weight is 494 g/mol. The molecule has 3 rings (SSSR count). The van der Waals surface area contributed by atoms with E-state index >= 15 is 0 Å². The number of nitrogens with zero attached hydrogens (tertiary/aromatic N) is 4. The normalized spacial score (nSPS) is 11.4. The molecule has 0 bridgehead atoms. The zero-order chi connectivity index (χ0) is 19.2. The van der Waals surface area contributed by atoms with Gasteiger partial charge in [-0.05, 0) is 11.5 Å². The van der Waals surface area contributed by atoms with Gasteiger partial charge in [-0.15, -0.1) is 24.0 Å². The summed E-state index contributed by atoms with van der Waals surface area (Å²) in [5.41, 5.74) is 3.08. The molecule has 0 aliphatic heterocycles. The van der Waals surface area contributed by atoms with Crippen LogP contribution < -0.4 is 5.32 Å². The molecule has 28 heavy (non-hydrogen) atoms. The number of guanidine groups is 1. The predicted octanol–water partition coefficient (Wildman–Crippen LogP) is 4.01. The van der Waals surface area contributed by atoms with Crippen molar-refractivity contribution in [1.29, 1.82) is 0 Å². The van der Waals surface area contributed by atoms with Gasteiger partial charge < -0.3 is 19.7 Å². The molecule has 0 amide bonds. The van der Waals surface area contributed by atoms with Gasteiger partial charge in [0, 0.05) is 20.2 Å². The molecule has 0 saturated heterocycles. The van der Waals surface area contributed by atoms with E-state index in [4.69, 9.17) is 4.52 Å². The molecule has 0 aliphatic carbocycles. The van der Waals surface area contributed by atoms with Gasteiger partial charge in [-0.25, -0.2) is 4.98 Å². The first-order valence-electron chi connectivity index (χ1n) is 9.03. The Bertz CT molecular complexity index is 887. The largest absolute Gasteiger partial charge is 0.359 e. The van der Waals surface area contributed by atoms with Crippen molar-refractivity contribution in [1.82, 2.24) is 25.3 Å². The molecular weight excluding hydrogens is 467 g/mol. The SMILES string of the molecule is CN=C(NCc1cc(C(C)C)no1)N(C)Cc1ncc(-c2ccccc2)[nH]1.I. The number of hydrogen-bond donors (Lipinski definition) is 2. The highest BCUT2D eigenvalue weighted by Crippen LogP contribution is 2.17. The molecule has 0 unspecified atom stereocenters. The summed E-state index contributed by atoms with van der Waals surface area (Å²) in [6, 6.07) is 12.1. The van der Waals surface area contributed by atoms with Crippen molar-refractivity contribution in [2.45, 2.75) is 32.9 Å². The maximum atomic E-state index is 5.37. The lowest BCUT2D eigenvalue weighted by atomic mass is 10.1. The van der Waals surface area contributed by atoms with E-state index in [1.807, 2.05) is 42.4 Å². The monoisotopic (exact) mass is 494 g/mol. The molecule has 0 fully saturated rings. The highest BCUT2D eigenvalue weighted by molar-refractivity contribution is 14.0. The van der Waals surface area contributed by atoms with Crippen LogP contribution in [0, 0.1) is 0 Å². The highest BCUT2D eigenvalue weighted by Gasteiger charge is 2.12. The zero-order valence-corrected chi connectivity index (χ0v) is 19.0. The minimum absolute atomic E-state index is 0. The minimum atomic E-state index is 0. The van der Waals surface area contributed by atoms with Crippen molar-refractivity contribution in [3.05, 3.63) is 59.9 Å². The van der Waals surface area contributed by atoms with Crippen LogP contribution in [-0.4, -0.2) is 40.1 Å². The Labute approximate surface area is 182 Å². The van der Waals surface area contributed by atoms with Crippen molar-refractivity contribution in [3.8, 4) is 11.3 Å². The maximum absolute atomic E-state index is 5.37. The van der Waals surface area contributed by atoms with Gasteiger partial charge in [-0.2, -0.15) is 0 Å². The average Bonchev–Trinajstić information content (AvgIpc) is 3.33. The Hall–Kier alpha value is -2.36. The number of aromatic nitrogens is 3. The number of imidazole rings is 1. The summed E-state index contributed by atoms with van der Waals surface area (Å²) >= 11 is 0. The van der Waals surface area contributed by atoms with E-state index in [2.05, 4.69) is 51.4 Å². The third kappa shape index (κ3) is 5.57. The first kappa shape index (κ1) is 21.9.